The molecule has 1 N–H and O–H groups in total. The Kier molecular flexibility index (Phi) is 13.5. The Bertz CT molecular complexity index is 137. The van der Waals surface area contributed by atoms with E-state index in [9.17, 15) is 0 Å². The van der Waals surface area contributed by atoms with E-state index in [1.54, 1.807) is 12.4 Å². The molecule has 1 rings (SSSR count). The standard InChI is InChI=1S/C5H12.C4H10.C2H3N3/c1-4-5(2)3;1-4(2)3;1-2-4-5-3-1/h5H,4H2,1-3H3;4H,1-3H3;1-2H,(H,3,4,5). The van der Waals surface area contributed by atoms with Gasteiger partial charge in [0.1, 0.15) is 0 Å². The number of rotatable bonds is 1. The molecule has 3 nitrogen and oxygen atoms in total. The van der Waals surface area contributed by atoms with Crippen molar-refractivity contribution in [2.24, 2.45) is 11.8 Å². The van der Waals surface area contributed by atoms with Crippen LogP contribution in [0.4, 0.5) is 0 Å². The maximum Gasteiger partial charge on any atom is 0.0690 e. The number of aromatic nitrogens is 3. The summed E-state index contributed by atoms with van der Waals surface area (Å²) in [5, 5.41) is 9.33. The second-order valence-electron chi connectivity index (χ2n) is 4.19. The molecule has 0 aliphatic rings. The highest BCUT2D eigenvalue weighted by Crippen LogP contribution is 1.93. The molecule has 0 aliphatic heterocycles. The van der Waals surface area contributed by atoms with Gasteiger partial charge in [0, 0.05) is 0 Å². The molecule has 1 aromatic rings. The van der Waals surface area contributed by atoms with Crippen molar-refractivity contribution in [2.75, 3.05) is 0 Å². The summed E-state index contributed by atoms with van der Waals surface area (Å²) in [4.78, 5) is 0. The highest BCUT2D eigenvalue weighted by molar-refractivity contribution is 4.54. The van der Waals surface area contributed by atoms with Gasteiger partial charge in [-0.25, -0.2) is 0 Å². The highest BCUT2D eigenvalue weighted by Gasteiger charge is 1.80. The van der Waals surface area contributed by atoms with Crippen molar-refractivity contribution in [3.63, 3.8) is 0 Å². The van der Waals surface area contributed by atoms with Crippen LogP contribution in [0.15, 0.2) is 12.4 Å². The van der Waals surface area contributed by atoms with Crippen molar-refractivity contribution in [1.29, 1.82) is 0 Å². The molecule has 0 amide bonds. The third-order valence-electron chi connectivity index (χ3n) is 1.15. The van der Waals surface area contributed by atoms with E-state index in [2.05, 4.69) is 57.0 Å². The normalized spacial score (nSPS) is 8.86. The van der Waals surface area contributed by atoms with Crippen LogP contribution in [-0.4, -0.2) is 15.4 Å². The van der Waals surface area contributed by atoms with Gasteiger partial charge in [0.25, 0.3) is 0 Å². The zero-order valence-electron chi connectivity index (χ0n) is 10.4. The van der Waals surface area contributed by atoms with Gasteiger partial charge in [-0.3, -0.25) is 0 Å². The molecule has 0 fully saturated rings. The molecular weight excluding hydrogens is 174 g/mol. The van der Waals surface area contributed by atoms with Gasteiger partial charge in [0.15, 0.2) is 0 Å². The number of nitrogens with zero attached hydrogens (tertiary/aromatic N) is 2. The number of aromatic amines is 1. The van der Waals surface area contributed by atoms with E-state index in [0.717, 1.165) is 11.8 Å². The van der Waals surface area contributed by atoms with Crippen molar-refractivity contribution in [1.82, 2.24) is 15.4 Å². The SMILES string of the molecule is CC(C)C.CCC(C)C.c1cn[nH]n1. The maximum atomic E-state index is 3.49. The Morgan fingerprint density at radius 2 is 1.29 bits per heavy atom. The van der Waals surface area contributed by atoms with Gasteiger partial charge in [-0.15, -0.1) is 0 Å². The zero-order valence-corrected chi connectivity index (χ0v) is 10.4. The zero-order chi connectivity index (χ0) is 11.4. The van der Waals surface area contributed by atoms with Crippen molar-refractivity contribution < 1.29 is 0 Å². The third-order valence-corrected chi connectivity index (χ3v) is 1.15. The molecule has 3 heteroatoms. The Balaban J connectivity index is 0. The number of nitrogens with one attached hydrogen (secondary N) is 1. The summed E-state index contributed by atoms with van der Waals surface area (Å²) in [7, 11) is 0. The molecule has 0 saturated carbocycles. The van der Waals surface area contributed by atoms with E-state index in [1.165, 1.54) is 6.42 Å². The van der Waals surface area contributed by atoms with Gasteiger partial charge in [0.2, 0.25) is 0 Å². The second-order valence-corrected chi connectivity index (χ2v) is 4.19. The molecule has 0 aliphatic carbocycles. The van der Waals surface area contributed by atoms with Crippen LogP contribution in [0, 0.1) is 11.8 Å². The summed E-state index contributed by atoms with van der Waals surface area (Å²) < 4.78 is 0. The monoisotopic (exact) mass is 199 g/mol. The fourth-order valence-corrected chi connectivity index (χ4v) is 0.167. The fourth-order valence-electron chi connectivity index (χ4n) is 0.167. The van der Waals surface area contributed by atoms with Gasteiger partial charge >= 0.3 is 0 Å². The molecule has 84 valence electrons. The summed E-state index contributed by atoms with van der Waals surface area (Å²) in [5.41, 5.74) is 0. The summed E-state index contributed by atoms with van der Waals surface area (Å²) in [6.45, 7) is 13.1. The van der Waals surface area contributed by atoms with Crippen molar-refractivity contribution >= 4 is 0 Å². The first-order valence-corrected chi connectivity index (χ1v) is 5.30. The van der Waals surface area contributed by atoms with E-state index in [1.807, 2.05) is 0 Å². The summed E-state index contributed by atoms with van der Waals surface area (Å²) in [5.74, 6) is 1.72. The van der Waals surface area contributed by atoms with Crippen LogP contribution in [0.25, 0.3) is 0 Å². The molecule has 0 spiro atoms. The minimum atomic E-state index is 0.833. The van der Waals surface area contributed by atoms with Crippen LogP contribution in [0.5, 0.6) is 0 Å². The van der Waals surface area contributed by atoms with Gasteiger partial charge in [-0.05, 0) is 11.8 Å². The summed E-state index contributed by atoms with van der Waals surface area (Å²) >= 11 is 0. The van der Waals surface area contributed by atoms with E-state index < -0.39 is 0 Å². The lowest BCUT2D eigenvalue weighted by atomic mass is 10.2. The predicted molar refractivity (Wildman–Crippen MR) is 62.0 cm³/mol. The number of hydrogen-bond donors (Lipinski definition) is 1. The number of H-pyrrole nitrogens is 1. The molecule has 14 heavy (non-hydrogen) atoms. The molecule has 0 bridgehead atoms. The molecule has 1 aromatic heterocycles. The van der Waals surface area contributed by atoms with E-state index in [0.29, 0.717) is 0 Å². The molecule has 1 heterocycles. The summed E-state index contributed by atoms with van der Waals surface area (Å²) in [6.07, 6.45) is 4.47. The molecule has 0 aromatic carbocycles. The van der Waals surface area contributed by atoms with Gasteiger partial charge in [-0.2, -0.15) is 15.4 Å². The maximum absolute atomic E-state index is 3.49. The van der Waals surface area contributed by atoms with Crippen LogP contribution in [0.3, 0.4) is 0 Å². The van der Waals surface area contributed by atoms with E-state index >= 15 is 0 Å². The first kappa shape index (κ1) is 15.6. The largest absolute Gasteiger partial charge is 0.198 e. The topological polar surface area (TPSA) is 41.6 Å². The van der Waals surface area contributed by atoms with Gasteiger partial charge in [0.05, 0.1) is 12.4 Å². The molecule has 0 saturated heterocycles. The van der Waals surface area contributed by atoms with Crippen LogP contribution >= 0.6 is 0 Å². The fraction of sp³-hybridized carbons (Fsp3) is 0.818. The van der Waals surface area contributed by atoms with Gasteiger partial charge in [-0.1, -0.05) is 48.0 Å². The van der Waals surface area contributed by atoms with Gasteiger partial charge < -0.3 is 0 Å². The van der Waals surface area contributed by atoms with Crippen LogP contribution in [-0.2, 0) is 0 Å². The minimum absolute atomic E-state index is 0.833. The van der Waals surface area contributed by atoms with Crippen molar-refractivity contribution in [3.8, 4) is 0 Å². The van der Waals surface area contributed by atoms with Crippen LogP contribution in [0.2, 0.25) is 0 Å². The lowest BCUT2D eigenvalue weighted by Gasteiger charge is -1.90. The quantitative estimate of drug-likeness (QED) is 0.752. The second kappa shape index (κ2) is 12.1. The van der Waals surface area contributed by atoms with E-state index in [-0.39, 0.29) is 0 Å². The molecule has 0 atom stereocenters. The highest BCUT2D eigenvalue weighted by atomic mass is 15.3. The Morgan fingerprint density at radius 3 is 1.36 bits per heavy atom. The van der Waals surface area contributed by atoms with E-state index in [4.69, 9.17) is 0 Å². The van der Waals surface area contributed by atoms with Crippen LogP contribution < -0.4 is 0 Å². The van der Waals surface area contributed by atoms with Crippen molar-refractivity contribution in [2.45, 2.75) is 48.0 Å². The first-order valence-electron chi connectivity index (χ1n) is 5.30. The first-order chi connectivity index (χ1) is 6.50. The summed E-state index contributed by atoms with van der Waals surface area (Å²) in [6, 6.07) is 0. The molecule has 0 unspecified atom stereocenters. The van der Waals surface area contributed by atoms with Crippen LogP contribution in [0.1, 0.15) is 48.0 Å². The number of hydrogen-bond acceptors (Lipinski definition) is 2. The minimum Gasteiger partial charge on any atom is -0.198 e. The lowest BCUT2D eigenvalue weighted by Crippen LogP contribution is -1.77. The average molecular weight is 199 g/mol. The lowest BCUT2D eigenvalue weighted by molar-refractivity contribution is 0.626. The van der Waals surface area contributed by atoms with Crippen molar-refractivity contribution in [3.05, 3.63) is 12.4 Å². The Hall–Kier alpha value is -0.860. The predicted octanol–water partition coefficient (Wildman–Crippen LogP) is 3.52. The molecule has 0 radical (unpaired) electrons. The Morgan fingerprint density at radius 1 is 1.00 bits per heavy atom. The molecular formula is C11H25N3. The Labute approximate surface area is 88.3 Å². The average Bonchev–Trinajstić information content (AvgIpc) is 2.59. The third kappa shape index (κ3) is 30.4. The smallest absolute Gasteiger partial charge is 0.0690 e.